The summed E-state index contributed by atoms with van der Waals surface area (Å²) in [6.07, 6.45) is 0.681. The van der Waals surface area contributed by atoms with Crippen molar-refractivity contribution in [3.8, 4) is 17.2 Å². The number of nitrogen functional groups attached to an aromatic ring is 1. The van der Waals surface area contributed by atoms with E-state index in [1.807, 2.05) is 31.2 Å². The van der Waals surface area contributed by atoms with E-state index in [0.717, 1.165) is 28.0 Å². The summed E-state index contributed by atoms with van der Waals surface area (Å²) in [5.41, 5.74) is 8.45. The molecular formula is C15H13N3O2. The second-order valence-corrected chi connectivity index (χ2v) is 4.84. The molecule has 0 unspecified atom stereocenters. The van der Waals surface area contributed by atoms with Crippen LogP contribution in [0.15, 0.2) is 28.7 Å². The van der Waals surface area contributed by atoms with Gasteiger partial charge < -0.3 is 14.9 Å². The highest BCUT2D eigenvalue weighted by molar-refractivity contribution is 5.92. The monoisotopic (exact) mass is 267 g/mol. The molecule has 1 aliphatic rings. The van der Waals surface area contributed by atoms with Gasteiger partial charge in [-0.15, -0.1) is 0 Å². The van der Waals surface area contributed by atoms with Crippen LogP contribution in [0.3, 0.4) is 0 Å². The van der Waals surface area contributed by atoms with E-state index >= 15 is 0 Å². The Labute approximate surface area is 115 Å². The van der Waals surface area contributed by atoms with Gasteiger partial charge >= 0.3 is 0 Å². The second-order valence-electron chi connectivity index (χ2n) is 4.84. The van der Waals surface area contributed by atoms with Gasteiger partial charge in [-0.25, -0.2) is 9.97 Å². The quantitative estimate of drug-likeness (QED) is 0.678. The van der Waals surface area contributed by atoms with Crippen molar-refractivity contribution in [2.45, 2.75) is 13.3 Å². The van der Waals surface area contributed by atoms with E-state index in [4.69, 9.17) is 14.9 Å². The first-order valence-corrected chi connectivity index (χ1v) is 6.52. The molecule has 20 heavy (non-hydrogen) atoms. The molecule has 5 heteroatoms. The van der Waals surface area contributed by atoms with Crippen molar-refractivity contribution in [1.29, 1.82) is 0 Å². The van der Waals surface area contributed by atoms with Crippen LogP contribution in [0.25, 0.3) is 22.4 Å². The molecule has 100 valence electrons. The minimum Gasteiger partial charge on any atom is -0.488 e. The van der Waals surface area contributed by atoms with E-state index in [9.17, 15) is 0 Å². The zero-order valence-electron chi connectivity index (χ0n) is 11.0. The zero-order valence-corrected chi connectivity index (χ0v) is 11.0. The molecule has 2 aromatic heterocycles. The first-order chi connectivity index (χ1) is 9.74. The number of aryl methyl sites for hydroxylation is 1. The molecule has 0 amide bonds. The molecule has 4 rings (SSSR count). The normalized spacial score (nSPS) is 13.4. The summed E-state index contributed by atoms with van der Waals surface area (Å²) in [5.74, 6) is 2.53. The predicted molar refractivity (Wildman–Crippen MR) is 75.6 cm³/mol. The number of nitrogens with two attached hydrogens (primary N) is 1. The van der Waals surface area contributed by atoms with Crippen molar-refractivity contribution >= 4 is 16.8 Å². The van der Waals surface area contributed by atoms with Crippen LogP contribution in [0.2, 0.25) is 0 Å². The molecule has 0 aliphatic carbocycles. The van der Waals surface area contributed by atoms with E-state index in [2.05, 4.69) is 9.97 Å². The van der Waals surface area contributed by atoms with Gasteiger partial charge in [0.2, 0.25) is 0 Å². The number of anilines is 1. The summed E-state index contributed by atoms with van der Waals surface area (Å²) < 4.78 is 11.8. The van der Waals surface area contributed by atoms with Gasteiger partial charge in [0.1, 0.15) is 22.9 Å². The Morgan fingerprint density at radius 2 is 2.05 bits per heavy atom. The lowest BCUT2D eigenvalue weighted by Gasteiger charge is -2.06. The van der Waals surface area contributed by atoms with Gasteiger partial charge in [-0.2, -0.15) is 0 Å². The van der Waals surface area contributed by atoms with Crippen molar-refractivity contribution in [2.24, 2.45) is 0 Å². The van der Waals surface area contributed by atoms with Gasteiger partial charge in [0, 0.05) is 12.0 Å². The van der Waals surface area contributed by atoms with Crippen LogP contribution in [0.4, 0.5) is 5.82 Å². The van der Waals surface area contributed by atoms with E-state index in [1.54, 1.807) is 0 Å². The van der Waals surface area contributed by atoms with Crippen LogP contribution in [0.5, 0.6) is 5.75 Å². The Balaban J connectivity index is 2.09. The highest BCUT2D eigenvalue weighted by Crippen LogP contribution is 2.42. The Morgan fingerprint density at radius 1 is 1.20 bits per heavy atom. The number of para-hydroxylation sites is 1. The summed E-state index contributed by atoms with van der Waals surface area (Å²) in [7, 11) is 0. The lowest BCUT2D eigenvalue weighted by molar-refractivity contribution is 0.327. The molecule has 1 aromatic carbocycles. The maximum atomic E-state index is 6.01. The van der Waals surface area contributed by atoms with Crippen LogP contribution in [-0.2, 0) is 6.42 Å². The fourth-order valence-electron chi connectivity index (χ4n) is 2.63. The lowest BCUT2D eigenvalue weighted by atomic mass is 10.1. The summed E-state index contributed by atoms with van der Waals surface area (Å²) >= 11 is 0. The number of fused-ring (bicyclic) bond motifs is 5. The van der Waals surface area contributed by atoms with Crippen molar-refractivity contribution in [3.05, 3.63) is 35.7 Å². The Bertz CT molecular complexity index is 823. The predicted octanol–water partition coefficient (Wildman–Crippen LogP) is 2.72. The number of ether oxygens (including phenoxy) is 1. The van der Waals surface area contributed by atoms with Gasteiger partial charge in [0.25, 0.3) is 0 Å². The van der Waals surface area contributed by atoms with Crippen molar-refractivity contribution < 1.29 is 9.15 Å². The first kappa shape index (κ1) is 11.3. The average Bonchev–Trinajstić information content (AvgIpc) is 2.70. The molecule has 1 aliphatic heterocycles. The maximum absolute atomic E-state index is 6.01. The van der Waals surface area contributed by atoms with Crippen molar-refractivity contribution in [3.63, 3.8) is 0 Å². The minimum absolute atomic E-state index is 0.504. The number of benzene rings is 1. The molecule has 0 radical (unpaired) electrons. The topological polar surface area (TPSA) is 74.2 Å². The third kappa shape index (κ3) is 1.49. The van der Waals surface area contributed by atoms with Crippen molar-refractivity contribution in [1.82, 2.24) is 9.97 Å². The number of rotatable bonds is 0. The SMILES string of the molecule is Cc1nc(N)c2c(n1)-c1oc3ccccc3c1OCC2. The first-order valence-electron chi connectivity index (χ1n) is 6.52. The molecule has 5 nitrogen and oxygen atoms in total. The fourth-order valence-corrected chi connectivity index (χ4v) is 2.63. The number of hydrogen-bond donors (Lipinski definition) is 1. The molecule has 3 aromatic rings. The third-order valence-corrected chi connectivity index (χ3v) is 3.51. The van der Waals surface area contributed by atoms with Gasteiger partial charge in [0.15, 0.2) is 11.5 Å². The molecule has 0 atom stereocenters. The Hall–Kier alpha value is -2.56. The number of furan rings is 1. The molecular weight excluding hydrogens is 254 g/mol. The number of nitrogens with zero attached hydrogens (tertiary/aromatic N) is 2. The van der Waals surface area contributed by atoms with Gasteiger partial charge in [-0.05, 0) is 19.1 Å². The van der Waals surface area contributed by atoms with Crippen LogP contribution >= 0.6 is 0 Å². The van der Waals surface area contributed by atoms with Crippen LogP contribution in [0.1, 0.15) is 11.4 Å². The highest BCUT2D eigenvalue weighted by atomic mass is 16.5. The summed E-state index contributed by atoms with van der Waals surface area (Å²) in [6, 6.07) is 7.81. The molecule has 0 spiro atoms. The lowest BCUT2D eigenvalue weighted by Crippen LogP contribution is -2.06. The summed E-state index contributed by atoms with van der Waals surface area (Å²) in [5, 5.41) is 0.963. The fraction of sp³-hybridized carbons (Fsp3) is 0.200. The smallest absolute Gasteiger partial charge is 0.196 e. The third-order valence-electron chi connectivity index (χ3n) is 3.51. The van der Waals surface area contributed by atoms with E-state index in [0.29, 0.717) is 30.4 Å². The van der Waals surface area contributed by atoms with Crippen LogP contribution in [0, 0.1) is 6.92 Å². The Morgan fingerprint density at radius 3 is 2.95 bits per heavy atom. The number of hydrogen-bond acceptors (Lipinski definition) is 5. The molecule has 2 N–H and O–H groups in total. The maximum Gasteiger partial charge on any atom is 0.196 e. The molecule has 0 saturated heterocycles. The molecule has 0 bridgehead atoms. The largest absolute Gasteiger partial charge is 0.488 e. The van der Waals surface area contributed by atoms with Gasteiger partial charge in [0.05, 0.1) is 12.0 Å². The van der Waals surface area contributed by atoms with E-state index in [-0.39, 0.29) is 0 Å². The zero-order chi connectivity index (χ0) is 13.7. The standard InChI is InChI=1S/C15H13N3O2/c1-8-17-12-10(15(16)18-8)6-7-19-13-9-4-2-3-5-11(9)20-14(12)13/h2-5H,6-7H2,1H3,(H2,16,17,18). The average molecular weight is 267 g/mol. The minimum atomic E-state index is 0.504. The summed E-state index contributed by atoms with van der Waals surface area (Å²) in [4.78, 5) is 8.73. The number of aromatic nitrogens is 2. The van der Waals surface area contributed by atoms with E-state index < -0.39 is 0 Å². The highest BCUT2D eigenvalue weighted by Gasteiger charge is 2.25. The Kier molecular flexibility index (Phi) is 2.24. The molecule has 0 saturated carbocycles. The summed E-state index contributed by atoms with van der Waals surface area (Å²) in [6.45, 7) is 2.37. The van der Waals surface area contributed by atoms with Gasteiger partial charge in [-0.1, -0.05) is 12.1 Å². The molecule has 3 heterocycles. The van der Waals surface area contributed by atoms with Crippen LogP contribution in [-0.4, -0.2) is 16.6 Å². The van der Waals surface area contributed by atoms with Crippen molar-refractivity contribution in [2.75, 3.05) is 12.3 Å². The second kappa shape index (κ2) is 3.96. The molecule has 0 fully saturated rings. The van der Waals surface area contributed by atoms with Gasteiger partial charge in [-0.3, -0.25) is 0 Å². The van der Waals surface area contributed by atoms with E-state index in [1.165, 1.54) is 0 Å². The van der Waals surface area contributed by atoms with Crippen LogP contribution < -0.4 is 10.5 Å².